The standard InChI is InChI=1S/C43H26N4/c1-3-13-29-27(11-1)28-12-2-4-14-30(28)35-25-42-38(24-34(29)35)44-36-16-6-9-19-40(36)46(42)26-21-22-32-33(23-26)31-15-5-8-18-39(31)47-41-20-10-7-17-37(41)45-43(32)47/h1-25,44H. The van der Waals surface area contributed by atoms with Crippen molar-refractivity contribution >= 4 is 99.1 Å². The molecule has 4 heteroatoms. The van der Waals surface area contributed by atoms with Gasteiger partial charge in [0.15, 0.2) is 0 Å². The number of rotatable bonds is 1. The molecule has 0 amide bonds. The van der Waals surface area contributed by atoms with Crippen LogP contribution in [0.1, 0.15) is 0 Å². The molecule has 0 saturated carbocycles. The topological polar surface area (TPSA) is 32.6 Å². The summed E-state index contributed by atoms with van der Waals surface area (Å²) in [4.78, 5) is 7.56. The molecule has 11 rings (SSSR count). The van der Waals surface area contributed by atoms with E-state index in [1.54, 1.807) is 0 Å². The van der Waals surface area contributed by atoms with E-state index in [4.69, 9.17) is 4.98 Å². The van der Waals surface area contributed by atoms with Crippen molar-refractivity contribution in [3.05, 3.63) is 152 Å². The van der Waals surface area contributed by atoms with Gasteiger partial charge in [-0.25, -0.2) is 4.98 Å². The number of imidazole rings is 1. The van der Waals surface area contributed by atoms with Gasteiger partial charge in [-0.1, -0.05) is 91.0 Å². The van der Waals surface area contributed by atoms with Crippen molar-refractivity contribution in [1.82, 2.24) is 9.38 Å². The molecule has 0 spiro atoms. The molecule has 10 aromatic rings. The van der Waals surface area contributed by atoms with E-state index >= 15 is 0 Å². The summed E-state index contributed by atoms with van der Waals surface area (Å²) in [6.07, 6.45) is 0. The van der Waals surface area contributed by atoms with E-state index in [9.17, 15) is 0 Å². The Balaban J connectivity index is 1.24. The molecule has 1 aliphatic rings. The van der Waals surface area contributed by atoms with Gasteiger partial charge in [-0.3, -0.25) is 4.40 Å². The third-order valence-corrected chi connectivity index (χ3v) is 10.0. The Labute approximate surface area is 269 Å². The van der Waals surface area contributed by atoms with Crippen LogP contribution in [-0.2, 0) is 0 Å². The molecule has 0 aliphatic carbocycles. The van der Waals surface area contributed by atoms with Crippen molar-refractivity contribution in [3.63, 3.8) is 0 Å². The number of fused-ring (bicyclic) bond motifs is 16. The summed E-state index contributed by atoms with van der Waals surface area (Å²) in [5.41, 5.74) is 9.83. The maximum Gasteiger partial charge on any atom is 0.146 e. The summed E-state index contributed by atoms with van der Waals surface area (Å²) in [5, 5.41) is 14.9. The van der Waals surface area contributed by atoms with E-state index in [1.165, 1.54) is 43.1 Å². The molecule has 0 atom stereocenters. The maximum atomic E-state index is 5.13. The number of para-hydroxylation sites is 5. The fraction of sp³-hybridized carbons (Fsp3) is 0. The second-order valence-electron chi connectivity index (χ2n) is 12.5. The van der Waals surface area contributed by atoms with Gasteiger partial charge in [0.1, 0.15) is 5.65 Å². The number of nitrogens with one attached hydrogen (secondary N) is 1. The minimum absolute atomic E-state index is 0.983. The molecule has 0 bridgehead atoms. The zero-order valence-electron chi connectivity index (χ0n) is 25.3. The van der Waals surface area contributed by atoms with Gasteiger partial charge in [-0.05, 0) is 98.4 Å². The number of nitrogens with zero attached hydrogens (tertiary/aromatic N) is 3. The Kier molecular flexibility index (Phi) is 4.81. The van der Waals surface area contributed by atoms with Crippen LogP contribution >= 0.6 is 0 Å². The van der Waals surface area contributed by atoms with E-state index in [0.29, 0.717) is 0 Å². The van der Waals surface area contributed by atoms with Crippen LogP contribution in [0.15, 0.2) is 152 Å². The molecule has 0 radical (unpaired) electrons. The molecule has 0 fully saturated rings. The van der Waals surface area contributed by atoms with E-state index < -0.39 is 0 Å². The van der Waals surface area contributed by atoms with Crippen molar-refractivity contribution in [1.29, 1.82) is 0 Å². The number of pyridine rings is 1. The lowest BCUT2D eigenvalue weighted by atomic mass is 9.92. The molecular formula is C43H26N4. The number of aromatic nitrogens is 2. The van der Waals surface area contributed by atoms with Crippen LogP contribution in [0.4, 0.5) is 28.4 Å². The first kappa shape index (κ1) is 24.9. The largest absolute Gasteiger partial charge is 0.352 e. The van der Waals surface area contributed by atoms with Crippen LogP contribution in [-0.4, -0.2) is 9.38 Å². The van der Waals surface area contributed by atoms with Crippen LogP contribution in [0.3, 0.4) is 0 Å². The summed E-state index contributed by atoms with van der Waals surface area (Å²) in [6, 6.07) is 54.9. The monoisotopic (exact) mass is 598 g/mol. The van der Waals surface area contributed by atoms with Gasteiger partial charge >= 0.3 is 0 Å². The summed E-state index contributed by atoms with van der Waals surface area (Å²) in [6.45, 7) is 0. The summed E-state index contributed by atoms with van der Waals surface area (Å²) in [5.74, 6) is 0. The van der Waals surface area contributed by atoms with Crippen LogP contribution in [0.25, 0.3) is 70.7 Å². The highest BCUT2D eigenvalue weighted by molar-refractivity contribution is 6.27. The zero-order chi connectivity index (χ0) is 30.6. The number of anilines is 5. The Morgan fingerprint density at radius 2 is 1.00 bits per heavy atom. The van der Waals surface area contributed by atoms with Crippen molar-refractivity contribution in [3.8, 4) is 0 Å². The average Bonchev–Trinajstić information content (AvgIpc) is 3.53. The van der Waals surface area contributed by atoms with E-state index in [2.05, 4.69) is 166 Å². The minimum Gasteiger partial charge on any atom is -0.352 e. The Morgan fingerprint density at radius 3 is 1.79 bits per heavy atom. The third kappa shape index (κ3) is 3.34. The third-order valence-electron chi connectivity index (χ3n) is 10.0. The first-order valence-corrected chi connectivity index (χ1v) is 16.1. The summed E-state index contributed by atoms with van der Waals surface area (Å²) >= 11 is 0. The lowest BCUT2D eigenvalue weighted by Gasteiger charge is -2.34. The van der Waals surface area contributed by atoms with Crippen LogP contribution in [0, 0.1) is 0 Å². The minimum atomic E-state index is 0.983. The highest BCUT2D eigenvalue weighted by atomic mass is 15.2. The number of hydrogen-bond donors (Lipinski definition) is 1. The Hall–Kier alpha value is -6.39. The molecule has 4 nitrogen and oxygen atoms in total. The predicted molar refractivity (Wildman–Crippen MR) is 198 cm³/mol. The highest BCUT2D eigenvalue weighted by Crippen LogP contribution is 2.51. The molecule has 218 valence electrons. The molecule has 0 saturated heterocycles. The molecular weight excluding hydrogens is 573 g/mol. The van der Waals surface area contributed by atoms with Crippen LogP contribution < -0.4 is 10.2 Å². The second-order valence-corrected chi connectivity index (χ2v) is 12.5. The van der Waals surface area contributed by atoms with Gasteiger partial charge in [0.2, 0.25) is 0 Å². The Morgan fingerprint density at radius 1 is 0.404 bits per heavy atom. The van der Waals surface area contributed by atoms with Crippen molar-refractivity contribution in [2.24, 2.45) is 0 Å². The molecule has 0 unspecified atom stereocenters. The van der Waals surface area contributed by atoms with E-state index in [0.717, 1.165) is 56.0 Å². The lowest BCUT2D eigenvalue weighted by Crippen LogP contribution is -2.17. The molecule has 3 heterocycles. The van der Waals surface area contributed by atoms with Crippen molar-refractivity contribution in [2.75, 3.05) is 10.2 Å². The Bertz CT molecular complexity index is 2950. The molecule has 8 aromatic carbocycles. The van der Waals surface area contributed by atoms with Gasteiger partial charge in [0.25, 0.3) is 0 Å². The van der Waals surface area contributed by atoms with Gasteiger partial charge in [0, 0.05) is 16.5 Å². The normalized spacial score (nSPS) is 12.8. The SMILES string of the molecule is c1ccc2c(c1)Nc1cc3c4ccccc4c4ccccc4c3cc1N2c1ccc2c(c1)c1ccccc1n1c3ccccc3nc21. The van der Waals surface area contributed by atoms with Crippen molar-refractivity contribution < 1.29 is 0 Å². The number of benzene rings is 8. The van der Waals surface area contributed by atoms with E-state index in [1.807, 2.05) is 0 Å². The maximum absolute atomic E-state index is 5.13. The highest BCUT2D eigenvalue weighted by Gasteiger charge is 2.26. The summed E-state index contributed by atoms with van der Waals surface area (Å²) in [7, 11) is 0. The van der Waals surface area contributed by atoms with Gasteiger partial charge in [-0.2, -0.15) is 0 Å². The first-order valence-electron chi connectivity index (χ1n) is 16.1. The zero-order valence-corrected chi connectivity index (χ0v) is 25.3. The lowest BCUT2D eigenvalue weighted by molar-refractivity contribution is 1.26. The molecule has 1 N–H and O–H groups in total. The molecule has 47 heavy (non-hydrogen) atoms. The first-order chi connectivity index (χ1) is 23.3. The van der Waals surface area contributed by atoms with Crippen molar-refractivity contribution in [2.45, 2.75) is 0 Å². The fourth-order valence-electron chi connectivity index (χ4n) is 7.99. The van der Waals surface area contributed by atoms with E-state index in [-0.39, 0.29) is 0 Å². The van der Waals surface area contributed by atoms with Crippen LogP contribution in [0.2, 0.25) is 0 Å². The predicted octanol–water partition coefficient (Wildman–Crippen LogP) is 11.8. The van der Waals surface area contributed by atoms with Gasteiger partial charge in [0.05, 0.1) is 39.3 Å². The average molecular weight is 599 g/mol. The molecule has 2 aromatic heterocycles. The van der Waals surface area contributed by atoms with Gasteiger partial charge < -0.3 is 10.2 Å². The number of hydrogen-bond acceptors (Lipinski definition) is 3. The fourth-order valence-corrected chi connectivity index (χ4v) is 7.99. The molecule has 1 aliphatic heterocycles. The quantitative estimate of drug-likeness (QED) is 0.191. The van der Waals surface area contributed by atoms with Crippen LogP contribution in [0.5, 0.6) is 0 Å². The summed E-state index contributed by atoms with van der Waals surface area (Å²) < 4.78 is 2.31. The smallest absolute Gasteiger partial charge is 0.146 e. The second kappa shape index (κ2) is 9.09. The van der Waals surface area contributed by atoms with Gasteiger partial charge in [-0.15, -0.1) is 0 Å².